The van der Waals surface area contributed by atoms with Crippen LogP contribution in [0.2, 0.25) is 5.02 Å². The van der Waals surface area contributed by atoms with Crippen LogP contribution in [0, 0.1) is 0 Å². The van der Waals surface area contributed by atoms with Crippen LogP contribution in [0.15, 0.2) is 65.7 Å². The van der Waals surface area contributed by atoms with Crippen molar-refractivity contribution in [2.75, 3.05) is 6.54 Å². The quantitative estimate of drug-likeness (QED) is 0.118. The highest BCUT2D eigenvalue weighted by atomic mass is 35.5. The maximum Gasteiger partial charge on any atom is 0.354 e. The third-order valence-electron chi connectivity index (χ3n) is 5.26. The van der Waals surface area contributed by atoms with E-state index >= 15 is 0 Å². The Hall–Kier alpha value is -4.97. The van der Waals surface area contributed by atoms with E-state index in [0.29, 0.717) is 11.3 Å². The molecule has 12 nitrogen and oxygen atoms in total. The molecule has 0 spiro atoms. The first-order valence-electron chi connectivity index (χ1n) is 11.4. The molecule has 6 N–H and O–H groups in total. The van der Waals surface area contributed by atoms with Crippen LogP contribution in [-0.2, 0) is 22.6 Å². The van der Waals surface area contributed by atoms with Crippen molar-refractivity contribution < 1.29 is 34.1 Å². The summed E-state index contributed by atoms with van der Waals surface area (Å²) in [5.74, 6) is -3.51. The molecular weight excluding hydrogens is 530 g/mol. The van der Waals surface area contributed by atoms with Gasteiger partial charge in [0.2, 0.25) is 5.91 Å². The van der Waals surface area contributed by atoms with Crippen molar-refractivity contribution in [3.63, 3.8) is 0 Å². The number of pyridine rings is 1. The highest BCUT2D eigenvalue weighted by Gasteiger charge is 2.19. The largest absolute Gasteiger partial charge is 0.480 e. The molecule has 1 amide bonds. The number of aliphatic imine (C=N–C) groups is 1. The third-order valence-corrected chi connectivity index (χ3v) is 5.61. The second-order valence-electron chi connectivity index (χ2n) is 8.19. The lowest BCUT2D eigenvalue weighted by Crippen LogP contribution is -2.35. The van der Waals surface area contributed by atoms with Crippen LogP contribution in [-0.4, -0.2) is 56.4 Å². The summed E-state index contributed by atoms with van der Waals surface area (Å²) in [5.41, 5.74) is 12.0. The van der Waals surface area contributed by atoms with Gasteiger partial charge in [0.15, 0.2) is 5.96 Å². The van der Waals surface area contributed by atoms with Crippen molar-refractivity contribution in [3.05, 3.63) is 88.2 Å². The first-order chi connectivity index (χ1) is 18.5. The number of aryl methyl sites for hydroxylation is 1. The Balaban J connectivity index is 1.63. The summed E-state index contributed by atoms with van der Waals surface area (Å²) in [5, 5.41) is 18.6. The lowest BCUT2D eigenvalue weighted by Gasteiger charge is -2.20. The topological polar surface area (TPSA) is 198 Å². The number of rotatable bonds is 11. The first-order valence-corrected chi connectivity index (χ1v) is 11.8. The highest BCUT2D eigenvalue weighted by Crippen LogP contribution is 2.25. The lowest BCUT2D eigenvalue weighted by atomic mass is 10.1. The number of benzene rings is 2. The normalized spacial score (nSPS) is 10.4. The van der Waals surface area contributed by atoms with Gasteiger partial charge in [-0.1, -0.05) is 23.7 Å². The standard InChI is InChI=1S/C26H24ClN5O7/c27-20-12-19(39-25(38)16-4-8-17(9-5-16)31-26(28)29)10-6-15(20)7-11-22(33)32(14-23(34)35)13-18-2-1-3-21(30-18)24(36)37/h1-6,8-10,12H,7,11,13-14H2,(H,34,35)(H,36,37)(H4,28,29,31). The van der Waals surface area contributed by atoms with Gasteiger partial charge in [0.1, 0.15) is 18.0 Å². The molecule has 1 aromatic heterocycles. The minimum Gasteiger partial charge on any atom is -0.480 e. The number of nitrogens with two attached hydrogens (primary N) is 2. The number of carbonyl (C=O) groups is 4. The summed E-state index contributed by atoms with van der Waals surface area (Å²) in [7, 11) is 0. The number of nitrogens with zero attached hydrogens (tertiary/aromatic N) is 3. The maximum absolute atomic E-state index is 12.8. The third kappa shape index (κ3) is 8.54. The summed E-state index contributed by atoms with van der Waals surface area (Å²) in [4.78, 5) is 56.6. The minimum atomic E-state index is -1.24. The molecule has 13 heteroatoms. The van der Waals surface area contributed by atoms with E-state index in [-0.39, 0.29) is 53.1 Å². The molecule has 0 saturated carbocycles. The van der Waals surface area contributed by atoms with E-state index in [4.69, 9.17) is 32.9 Å². The van der Waals surface area contributed by atoms with Crippen LogP contribution < -0.4 is 16.2 Å². The van der Waals surface area contributed by atoms with E-state index in [1.807, 2.05) is 0 Å². The van der Waals surface area contributed by atoms with Crippen LogP contribution in [0.25, 0.3) is 0 Å². The molecule has 0 fully saturated rings. The molecule has 0 atom stereocenters. The SMILES string of the molecule is NC(N)=Nc1ccc(C(=O)Oc2ccc(CCC(=O)N(CC(=O)O)Cc3cccc(C(=O)O)n3)c(Cl)c2)cc1. The summed E-state index contributed by atoms with van der Waals surface area (Å²) < 4.78 is 5.36. The molecule has 39 heavy (non-hydrogen) atoms. The van der Waals surface area contributed by atoms with Crippen molar-refractivity contribution in [2.24, 2.45) is 16.5 Å². The first kappa shape index (κ1) is 28.6. The number of carboxylic acids is 2. The van der Waals surface area contributed by atoms with Gasteiger partial charge in [-0.3, -0.25) is 9.59 Å². The van der Waals surface area contributed by atoms with Gasteiger partial charge in [-0.15, -0.1) is 0 Å². The fourth-order valence-corrected chi connectivity index (χ4v) is 3.72. The number of carbonyl (C=O) groups excluding carboxylic acids is 2. The van der Waals surface area contributed by atoms with Crippen LogP contribution in [0.5, 0.6) is 5.75 Å². The number of hydrogen-bond donors (Lipinski definition) is 4. The zero-order chi connectivity index (χ0) is 28.5. The molecular formula is C26H24ClN5O7. The van der Waals surface area contributed by atoms with Gasteiger partial charge in [-0.05, 0) is 60.5 Å². The van der Waals surface area contributed by atoms with Crippen LogP contribution in [0.4, 0.5) is 5.69 Å². The van der Waals surface area contributed by atoms with Gasteiger partial charge < -0.3 is 31.3 Å². The van der Waals surface area contributed by atoms with Crippen molar-refractivity contribution in [3.8, 4) is 5.75 Å². The van der Waals surface area contributed by atoms with Crippen molar-refractivity contribution in [1.29, 1.82) is 0 Å². The van der Waals surface area contributed by atoms with Crippen LogP contribution >= 0.6 is 11.6 Å². The number of hydrogen-bond acceptors (Lipinski definition) is 7. The highest BCUT2D eigenvalue weighted by molar-refractivity contribution is 6.31. The van der Waals surface area contributed by atoms with Gasteiger partial charge in [-0.25, -0.2) is 19.6 Å². The Morgan fingerprint density at radius 2 is 1.72 bits per heavy atom. The van der Waals surface area contributed by atoms with Gasteiger partial charge in [-0.2, -0.15) is 0 Å². The molecule has 0 bridgehead atoms. The molecule has 0 aliphatic carbocycles. The number of aromatic nitrogens is 1. The Labute approximate surface area is 227 Å². The number of esters is 1. The van der Waals surface area contributed by atoms with Gasteiger partial charge in [0.25, 0.3) is 0 Å². The van der Waals surface area contributed by atoms with Crippen molar-refractivity contribution in [1.82, 2.24) is 9.88 Å². The van der Waals surface area contributed by atoms with Crippen LogP contribution in [0.1, 0.15) is 38.5 Å². The van der Waals surface area contributed by atoms with Crippen molar-refractivity contribution >= 4 is 47.1 Å². The van der Waals surface area contributed by atoms with Gasteiger partial charge >= 0.3 is 17.9 Å². The van der Waals surface area contributed by atoms with Crippen molar-refractivity contribution in [2.45, 2.75) is 19.4 Å². The fourth-order valence-electron chi connectivity index (χ4n) is 3.46. The van der Waals surface area contributed by atoms with E-state index in [0.717, 1.165) is 4.90 Å². The fraction of sp³-hybridized carbons (Fsp3) is 0.154. The number of carboxylic acid groups (broad SMARTS) is 2. The molecule has 3 aromatic rings. The smallest absolute Gasteiger partial charge is 0.354 e. The summed E-state index contributed by atoms with van der Waals surface area (Å²) in [6.45, 7) is -0.769. The summed E-state index contributed by atoms with van der Waals surface area (Å²) >= 11 is 6.34. The van der Waals surface area contributed by atoms with Gasteiger partial charge in [0.05, 0.1) is 23.5 Å². The number of aromatic carboxylic acids is 1. The molecule has 202 valence electrons. The Bertz CT molecular complexity index is 1420. The predicted octanol–water partition coefficient (Wildman–Crippen LogP) is 2.60. The molecule has 0 radical (unpaired) electrons. The maximum atomic E-state index is 12.8. The predicted molar refractivity (Wildman–Crippen MR) is 141 cm³/mol. The number of guanidine groups is 1. The molecule has 1 heterocycles. The summed E-state index contributed by atoms with van der Waals surface area (Å²) in [6.07, 6.45) is 0.101. The van der Waals surface area contributed by atoms with E-state index in [1.54, 1.807) is 18.2 Å². The molecule has 0 saturated heterocycles. The Morgan fingerprint density at radius 1 is 1.00 bits per heavy atom. The lowest BCUT2D eigenvalue weighted by molar-refractivity contribution is -0.144. The Kier molecular flexibility index (Phi) is 9.54. The van der Waals surface area contributed by atoms with E-state index < -0.39 is 30.4 Å². The molecule has 0 aliphatic rings. The molecule has 3 rings (SSSR count). The van der Waals surface area contributed by atoms with Gasteiger partial charge in [0, 0.05) is 11.4 Å². The number of halogens is 1. The number of aliphatic carboxylic acids is 1. The minimum absolute atomic E-state index is 0.0765. The Morgan fingerprint density at radius 3 is 2.33 bits per heavy atom. The van der Waals surface area contributed by atoms with E-state index in [1.165, 1.54) is 42.5 Å². The zero-order valence-electron chi connectivity index (χ0n) is 20.4. The average Bonchev–Trinajstić information content (AvgIpc) is 2.87. The average molecular weight is 554 g/mol. The molecule has 0 unspecified atom stereocenters. The van der Waals surface area contributed by atoms with E-state index in [9.17, 15) is 24.3 Å². The second-order valence-corrected chi connectivity index (χ2v) is 8.60. The monoisotopic (exact) mass is 553 g/mol. The van der Waals surface area contributed by atoms with Crippen LogP contribution in [0.3, 0.4) is 0 Å². The molecule has 0 aliphatic heterocycles. The zero-order valence-corrected chi connectivity index (χ0v) is 21.2. The number of ether oxygens (including phenoxy) is 1. The second kappa shape index (κ2) is 13.0. The summed E-state index contributed by atoms with van der Waals surface area (Å²) in [6, 6.07) is 14.9. The number of amides is 1. The van der Waals surface area contributed by atoms with E-state index in [2.05, 4.69) is 9.98 Å². The molecule has 2 aromatic carbocycles.